The SMILES string of the molecule is O=c1[nH]cnc2c(Cl)cc(Br)cc12. The first-order valence-electron chi connectivity index (χ1n) is 3.51. The molecule has 0 aliphatic carbocycles. The second-order valence-electron chi connectivity index (χ2n) is 2.52. The monoisotopic (exact) mass is 258 g/mol. The number of rotatable bonds is 0. The van der Waals surface area contributed by atoms with E-state index in [1.165, 1.54) is 6.33 Å². The lowest BCUT2D eigenvalue weighted by atomic mass is 10.2. The van der Waals surface area contributed by atoms with Gasteiger partial charge in [0.25, 0.3) is 5.56 Å². The summed E-state index contributed by atoms with van der Waals surface area (Å²) in [5.41, 5.74) is 0.335. The highest BCUT2D eigenvalue weighted by atomic mass is 79.9. The van der Waals surface area contributed by atoms with E-state index < -0.39 is 0 Å². The summed E-state index contributed by atoms with van der Waals surface area (Å²) in [4.78, 5) is 17.8. The van der Waals surface area contributed by atoms with Crippen LogP contribution >= 0.6 is 27.5 Å². The van der Waals surface area contributed by atoms with Crippen molar-refractivity contribution in [2.24, 2.45) is 0 Å². The van der Waals surface area contributed by atoms with E-state index in [0.29, 0.717) is 15.9 Å². The molecule has 0 fully saturated rings. The van der Waals surface area contributed by atoms with Crippen LogP contribution in [0, 0.1) is 0 Å². The zero-order chi connectivity index (χ0) is 9.42. The molecule has 0 saturated carbocycles. The molecule has 13 heavy (non-hydrogen) atoms. The van der Waals surface area contributed by atoms with E-state index in [-0.39, 0.29) is 5.56 Å². The Bertz CT molecular complexity index is 523. The largest absolute Gasteiger partial charge is 0.313 e. The first-order valence-corrected chi connectivity index (χ1v) is 4.68. The average molecular weight is 259 g/mol. The standard InChI is InChI=1S/C8H4BrClN2O/c9-4-1-5-7(6(10)2-4)11-3-12-8(5)13/h1-3H,(H,11,12,13). The predicted molar refractivity (Wildman–Crippen MR) is 55.1 cm³/mol. The second kappa shape index (κ2) is 3.12. The van der Waals surface area contributed by atoms with Crippen LogP contribution in [0.15, 0.2) is 27.7 Å². The molecule has 0 bridgehead atoms. The Morgan fingerprint density at radius 1 is 1.46 bits per heavy atom. The zero-order valence-electron chi connectivity index (χ0n) is 6.34. The van der Waals surface area contributed by atoms with Crippen molar-refractivity contribution < 1.29 is 0 Å². The summed E-state index contributed by atoms with van der Waals surface area (Å²) in [7, 11) is 0. The first-order chi connectivity index (χ1) is 6.18. The van der Waals surface area contributed by atoms with Gasteiger partial charge in [-0.1, -0.05) is 27.5 Å². The van der Waals surface area contributed by atoms with E-state index in [1.807, 2.05) is 0 Å². The molecule has 1 N–H and O–H groups in total. The molecule has 2 rings (SSSR count). The smallest absolute Gasteiger partial charge is 0.258 e. The third-order valence-corrected chi connectivity index (χ3v) is 2.41. The molecular weight excluding hydrogens is 255 g/mol. The molecule has 5 heteroatoms. The van der Waals surface area contributed by atoms with Gasteiger partial charge in [-0.05, 0) is 12.1 Å². The predicted octanol–water partition coefficient (Wildman–Crippen LogP) is 2.34. The summed E-state index contributed by atoms with van der Waals surface area (Å²) in [5.74, 6) is 0. The maximum Gasteiger partial charge on any atom is 0.258 e. The molecular formula is C8H4BrClN2O. The molecule has 66 valence electrons. The highest BCUT2D eigenvalue weighted by Gasteiger charge is 2.04. The fraction of sp³-hybridized carbons (Fsp3) is 0. The van der Waals surface area contributed by atoms with Crippen molar-refractivity contribution in [1.29, 1.82) is 0 Å². The topological polar surface area (TPSA) is 45.8 Å². The Labute approximate surface area is 86.9 Å². The number of H-pyrrole nitrogens is 1. The lowest BCUT2D eigenvalue weighted by Gasteiger charge is -1.98. The van der Waals surface area contributed by atoms with Gasteiger partial charge in [0.05, 0.1) is 22.3 Å². The van der Waals surface area contributed by atoms with Crippen LogP contribution in [-0.4, -0.2) is 9.97 Å². The number of halogens is 2. The van der Waals surface area contributed by atoms with Gasteiger partial charge in [0.2, 0.25) is 0 Å². The van der Waals surface area contributed by atoms with Crippen LogP contribution in [0.5, 0.6) is 0 Å². The number of benzene rings is 1. The molecule has 3 nitrogen and oxygen atoms in total. The Morgan fingerprint density at radius 3 is 3.00 bits per heavy atom. The van der Waals surface area contributed by atoms with Crippen LogP contribution in [0.1, 0.15) is 0 Å². The highest BCUT2D eigenvalue weighted by Crippen LogP contribution is 2.23. The van der Waals surface area contributed by atoms with Gasteiger partial charge >= 0.3 is 0 Å². The number of fused-ring (bicyclic) bond motifs is 1. The number of aromatic nitrogens is 2. The number of aromatic amines is 1. The lowest BCUT2D eigenvalue weighted by molar-refractivity contribution is 1.17. The fourth-order valence-electron chi connectivity index (χ4n) is 1.10. The molecule has 1 aromatic carbocycles. The number of nitrogens with zero attached hydrogens (tertiary/aromatic N) is 1. The molecule has 0 unspecified atom stereocenters. The second-order valence-corrected chi connectivity index (χ2v) is 3.84. The lowest BCUT2D eigenvalue weighted by Crippen LogP contribution is -2.06. The molecule has 0 saturated heterocycles. The van der Waals surface area contributed by atoms with Gasteiger partial charge in [0.15, 0.2) is 0 Å². The molecule has 1 heterocycles. The average Bonchev–Trinajstić information content (AvgIpc) is 2.07. The van der Waals surface area contributed by atoms with Gasteiger partial charge in [0, 0.05) is 4.47 Å². The van der Waals surface area contributed by atoms with Crippen molar-refractivity contribution in [3.8, 4) is 0 Å². The van der Waals surface area contributed by atoms with Crippen LogP contribution in [0.2, 0.25) is 5.02 Å². The van der Waals surface area contributed by atoms with Crippen molar-refractivity contribution in [3.05, 3.63) is 38.3 Å². The van der Waals surface area contributed by atoms with Gasteiger partial charge in [-0.2, -0.15) is 0 Å². The quantitative estimate of drug-likeness (QED) is 0.789. The Balaban J connectivity index is 3.03. The van der Waals surface area contributed by atoms with Crippen LogP contribution in [0.4, 0.5) is 0 Å². The Kier molecular flexibility index (Phi) is 2.09. The van der Waals surface area contributed by atoms with Crippen LogP contribution in [0.3, 0.4) is 0 Å². The van der Waals surface area contributed by atoms with Gasteiger partial charge in [0.1, 0.15) is 0 Å². The summed E-state index contributed by atoms with van der Waals surface area (Å²) >= 11 is 9.14. The van der Waals surface area contributed by atoms with E-state index in [2.05, 4.69) is 25.9 Å². The van der Waals surface area contributed by atoms with Crippen molar-refractivity contribution in [1.82, 2.24) is 9.97 Å². The van der Waals surface area contributed by atoms with Crippen LogP contribution in [0.25, 0.3) is 10.9 Å². The minimum Gasteiger partial charge on any atom is -0.313 e. The molecule has 2 aromatic rings. The maximum atomic E-state index is 11.3. The third-order valence-electron chi connectivity index (χ3n) is 1.66. The Morgan fingerprint density at radius 2 is 2.23 bits per heavy atom. The molecule has 0 radical (unpaired) electrons. The molecule has 0 atom stereocenters. The summed E-state index contributed by atoms with van der Waals surface area (Å²) in [6.45, 7) is 0. The zero-order valence-corrected chi connectivity index (χ0v) is 8.69. The van der Waals surface area contributed by atoms with Gasteiger partial charge in [-0.15, -0.1) is 0 Å². The van der Waals surface area contributed by atoms with Crippen molar-refractivity contribution in [2.75, 3.05) is 0 Å². The van der Waals surface area contributed by atoms with E-state index in [1.54, 1.807) is 12.1 Å². The fourth-order valence-corrected chi connectivity index (χ4v) is 1.96. The van der Waals surface area contributed by atoms with Crippen molar-refractivity contribution in [3.63, 3.8) is 0 Å². The van der Waals surface area contributed by atoms with Gasteiger partial charge in [-0.3, -0.25) is 4.79 Å². The van der Waals surface area contributed by atoms with Gasteiger partial charge < -0.3 is 4.98 Å². The number of hydrogen-bond acceptors (Lipinski definition) is 2. The van der Waals surface area contributed by atoms with E-state index in [0.717, 1.165) is 4.47 Å². The number of hydrogen-bond donors (Lipinski definition) is 1. The summed E-state index contributed by atoms with van der Waals surface area (Å²) < 4.78 is 0.767. The first kappa shape index (κ1) is 8.72. The van der Waals surface area contributed by atoms with Crippen molar-refractivity contribution in [2.45, 2.75) is 0 Å². The molecule has 0 aliphatic rings. The number of nitrogens with one attached hydrogen (secondary N) is 1. The van der Waals surface area contributed by atoms with Crippen LogP contribution in [-0.2, 0) is 0 Å². The Hall–Kier alpha value is -0.870. The summed E-state index contributed by atoms with van der Waals surface area (Å²) in [6.07, 6.45) is 1.34. The normalized spacial score (nSPS) is 10.6. The third kappa shape index (κ3) is 1.47. The van der Waals surface area contributed by atoms with Crippen LogP contribution < -0.4 is 5.56 Å². The minimum atomic E-state index is -0.187. The highest BCUT2D eigenvalue weighted by molar-refractivity contribution is 9.10. The summed E-state index contributed by atoms with van der Waals surface area (Å²) in [5, 5.41) is 0.956. The van der Waals surface area contributed by atoms with E-state index in [4.69, 9.17) is 11.6 Å². The van der Waals surface area contributed by atoms with E-state index >= 15 is 0 Å². The van der Waals surface area contributed by atoms with Gasteiger partial charge in [-0.25, -0.2) is 4.98 Å². The minimum absolute atomic E-state index is 0.187. The molecule has 0 amide bonds. The van der Waals surface area contributed by atoms with E-state index in [9.17, 15) is 4.79 Å². The molecule has 0 spiro atoms. The molecule has 1 aromatic heterocycles. The maximum absolute atomic E-state index is 11.3. The van der Waals surface area contributed by atoms with Crippen molar-refractivity contribution >= 4 is 38.4 Å². The molecule has 0 aliphatic heterocycles. The summed E-state index contributed by atoms with van der Waals surface area (Å²) in [6, 6.07) is 3.39.